The fraction of sp³-hybridized carbons (Fsp3) is 0.333. The van der Waals surface area contributed by atoms with Gasteiger partial charge in [0.2, 0.25) is 11.8 Å². The van der Waals surface area contributed by atoms with Gasteiger partial charge in [-0.05, 0) is 73.9 Å². The second-order valence-corrected chi connectivity index (χ2v) is 11.7. The first-order valence-corrected chi connectivity index (χ1v) is 14.9. The Morgan fingerprint density at radius 1 is 1.02 bits per heavy atom. The Balaban J connectivity index is 2.02. The quantitative estimate of drug-likeness (QED) is 0.279. The number of halogens is 1. The zero-order valence-corrected chi connectivity index (χ0v) is 24.8. The van der Waals surface area contributed by atoms with Crippen LogP contribution in [0.25, 0.3) is 0 Å². The maximum atomic E-state index is 14.0. The number of nitrogens with zero attached hydrogens (tertiary/aromatic N) is 2. The third kappa shape index (κ3) is 7.76. The standard InChI is InChI=1S/C30H36ClN3O5S/c1-5-6-18-32-30(36)23(3)33(20-24-11-9-12-26(19-24)39-4)29(35)21-34(28-13-8-7-10-22(28)2)40(37,38)27-16-14-25(31)15-17-27/h7-17,19,23H,5-6,18,20-21H2,1-4H3,(H,32,36). The first-order chi connectivity index (χ1) is 19.1. The normalized spacial score (nSPS) is 11.9. The fourth-order valence-electron chi connectivity index (χ4n) is 4.18. The van der Waals surface area contributed by atoms with E-state index in [0.29, 0.717) is 28.6 Å². The van der Waals surface area contributed by atoms with Crippen LogP contribution in [0, 0.1) is 6.92 Å². The number of hydrogen-bond donors (Lipinski definition) is 1. The van der Waals surface area contributed by atoms with Crippen LogP contribution in [0.1, 0.15) is 37.8 Å². The minimum Gasteiger partial charge on any atom is -0.497 e. The van der Waals surface area contributed by atoms with Gasteiger partial charge in [0, 0.05) is 18.1 Å². The second kappa shape index (κ2) is 14.2. The van der Waals surface area contributed by atoms with Crippen molar-refractivity contribution in [3.63, 3.8) is 0 Å². The summed E-state index contributed by atoms with van der Waals surface area (Å²) in [6, 6.07) is 19.1. The molecule has 0 heterocycles. The number of anilines is 1. The van der Waals surface area contributed by atoms with E-state index in [-0.39, 0.29) is 17.3 Å². The number of rotatable bonds is 13. The Kier molecular flexibility index (Phi) is 11.0. The third-order valence-electron chi connectivity index (χ3n) is 6.55. The number of sulfonamides is 1. The molecule has 10 heteroatoms. The third-order valence-corrected chi connectivity index (χ3v) is 8.57. The molecule has 0 spiro atoms. The number of aryl methyl sites for hydroxylation is 1. The van der Waals surface area contributed by atoms with Crippen molar-refractivity contribution in [1.82, 2.24) is 10.2 Å². The molecule has 0 aliphatic rings. The monoisotopic (exact) mass is 585 g/mol. The van der Waals surface area contributed by atoms with Gasteiger partial charge in [-0.2, -0.15) is 0 Å². The number of unbranched alkanes of at least 4 members (excludes halogenated alkanes) is 1. The van der Waals surface area contributed by atoms with Gasteiger partial charge in [0.15, 0.2) is 0 Å². The highest BCUT2D eigenvalue weighted by Crippen LogP contribution is 2.28. The SMILES string of the molecule is CCCCNC(=O)C(C)N(Cc1cccc(OC)c1)C(=O)CN(c1ccccc1C)S(=O)(=O)c1ccc(Cl)cc1. The van der Waals surface area contributed by atoms with E-state index in [1.54, 1.807) is 63.4 Å². The lowest BCUT2D eigenvalue weighted by atomic mass is 10.1. The Morgan fingerprint density at radius 2 is 1.73 bits per heavy atom. The van der Waals surface area contributed by atoms with Crippen LogP contribution in [-0.4, -0.2) is 51.4 Å². The number of para-hydroxylation sites is 1. The van der Waals surface area contributed by atoms with E-state index < -0.39 is 28.5 Å². The lowest BCUT2D eigenvalue weighted by molar-refractivity contribution is -0.139. The molecule has 3 aromatic carbocycles. The average molecular weight is 586 g/mol. The van der Waals surface area contributed by atoms with E-state index in [9.17, 15) is 18.0 Å². The van der Waals surface area contributed by atoms with Crippen molar-refractivity contribution in [2.75, 3.05) is 24.5 Å². The Morgan fingerprint density at radius 3 is 2.38 bits per heavy atom. The van der Waals surface area contributed by atoms with E-state index in [1.165, 1.54) is 29.2 Å². The summed E-state index contributed by atoms with van der Waals surface area (Å²) < 4.78 is 34.2. The summed E-state index contributed by atoms with van der Waals surface area (Å²) in [7, 11) is -2.61. The number of amides is 2. The summed E-state index contributed by atoms with van der Waals surface area (Å²) in [5.41, 5.74) is 1.79. The predicted octanol–water partition coefficient (Wildman–Crippen LogP) is 5.19. The Bertz CT molecular complexity index is 1410. The second-order valence-electron chi connectivity index (χ2n) is 9.45. The predicted molar refractivity (Wildman–Crippen MR) is 158 cm³/mol. The number of methoxy groups -OCH3 is 1. The molecule has 0 radical (unpaired) electrons. The molecule has 2 amide bonds. The Hall–Kier alpha value is -3.56. The summed E-state index contributed by atoms with van der Waals surface area (Å²) in [4.78, 5) is 28.5. The van der Waals surface area contributed by atoms with Gasteiger partial charge in [0.05, 0.1) is 17.7 Å². The number of benzene rings is 3. The molecule has 1 atom stereocenters. The van der Waals surface area contributed by atoms with Crippen LogP contribution >= 0.6 is 11.6 Å². The number of ether oxygens (including phenoxy) is 1. The lowest BCUT2D eigenvalue weighted by Crippen LogP contribution is -2.51. The molecule has 0 bridgehead atoms. The summed E-state index contributed by atoms with van der Waals surface area (Å²) in [6.07, 6.45) is 1.72. The zero-order chi connectivity index (χ0) is 29.3. The van der Waals surface area contributed by atoms with Gasteiger partial charge in [-0.3, -0.25) is 13.9 Å². The van der Waals surface area contributed by atoms with Gasteiger partial charge in [-0.15, -0.1) is 0 Å². The smallest absolute Gasteiger partial charge is 0.264 e. The summed E-state index contributed by atoms with van der Waals surface area (Å²) in [6.45, 7) is 5.51. The summed E-state index contributed by atoms with van der Waals surface area (Å²) >= 11 is 6.00. The van der Waals surface area contributed by atoms with Gasteiger partial charge in [-0.25, -0.2) is 8.42 Å². The van der Waals surface area contributed by atoms with Gasteiger partial charge < -0.3 is 15.0 Å². The molecule has 0 saturated heterocycles. The molecule has 0 aliphatic heterocycles. The van der Waals surface area contributed by atoms with Crippen molar-refractivity contribution in [3.8, 4) is 5.75 Å². The largest absolute Gasteiger partial charge is 0.497 e. The van der Waals surface area contributed by atoms with Gasteiger partial charge in [0.1, 0.15) is 18.3 Å². The highest BCUT2D eigenvalue weighted by Gasteiger charge is 2.33. The highest BCUT2D eigenvalue weighted by atomic mass is 35.5. The minimum atomic E-state index is -4.16. The van der Waals surface area contributed by atoms with E-state index in [2.05, 4.69) is 5.32 Å². The molecular formula is C30H36ClN3O5S. The first kappa shape index (κ1) is 31.0. The molecule has 0 aromatic heterocycles. The van der Waals surface area contributed by atoms with Crippen LogP contribution in [0.5, 0.6) is 5.75 Å². The summed E-state index contributed by atoms with van der Waals surface area (Å²) in [5, 5.41) is 3.27. The lowest BCUT2D eigenvalue weighted by Gasteiger charge is -2.32. The van der Waals surface area contributed by atoms with Crippen LogP contribution < -0.4 is 14.4 Å². The van der Waals surface area contributed by atoms with Crippen molar-refractivity contribution >= 4 is 39.1 Å². The van der Waals surface area contributed by atoms with Crippen molar-refractivity contribution in [2.24, 2.45) is 0 Å². The number of hydrogen-bond acceptors (Lipinski definition) is 5. The molecule has 1 N–H and O–H groups in total. The van der Waals surface area contributed by atoms with Crippen LogP contribution in [-0.2, 0) is 26.2 Å². The molecular weight excluding hydrogens is 550 g/mol. The van der Waals surface area contributed by atoms with Crippen molar-refractivity contribution in [2.45, 2.75) is 51.1 Å². The van der Waals surface area contributed by atoms with Crippen molar-refractivity contribution < 1.29 is 22.7 Å². The number of nitrogens with one attached hydrogen (secondary N) is 1. The average Bonchev–Trinajstić information content (AvgIpc) is 2.95. The van der Waals surface area contributed by atoms with Crippen molar-refractivity contribution in [3.05, 3.63) is 88.9 Å². The first-order valence-electron chi connectivity index (χ1n) is 13.1. The van der Waals surface area contributed by atoms with E-state index in [1.807, 2.05) is 13.0 Å². The topological polar surface area (TPSA) is 96.0 Å². The zero-order valence-electron chi connectivity index (χ0n) is 23.3. The van der Waals surface area contributed by atoms with E-state index >= 15 is 0 Å². The molecule has 0 aliphatic carbocycles. The van der Waals surface area contributed by atoms with E-state index in [0.717, 1.165) is 22.7 Å². The molecule has 8 nitrogen and oxygen atoms in total. The van der Waals surface area contributed by atoms with Crippen LogP contribution in [0.3, 0.4) is 0 Å². The molecule has 214 valence electrons. The fourth-order valence-corrected chi connectivity index (χ4v) is 5.78. The Labute approximate surface area is 241 Å². The maximum absolute atomic E-state index is 14.0. The molecule has 3 rings (SSSR count). The minimum absolute atomic E-state index is 0.00217. The highest BCUT2D eigenvalue weighted by molar-refractivity contribution is 7.92. The maximum Gasteiger partial charge on any atom is 0.264 e. The van der Waals surface area contributed by atoms with E-state index in [4.69, 9.17) is 16.3 Å². The van der Waals surface area contributed by atoms with Gasteiger partial charge in [-0.1, -0.05) is 55.3 Å². The number of carbonyl (C=O) groups is 2. The van der Waals surface area contributed by atoms with Crippen molar-refractivity contribution in [1.29, 1.82) is 0 Å². The molecule has 0 saturated carbocycles. The molecule has 1 unspecified atom stereocenters. The van der Waals surface area contributed by atoms with Crippen LogP contribution in [0.4, 0.5) is 5.69 Å². The van der Waals surface area contributed by atoms with Crippen LogP contribution in [0.15, 0.2) is 77.7 Å². The summed E-state index contributed by atoms with van der Waals surface area (Å²) in [5.74, 6) is -0.230. The molecule has 40 heavy (non-hydrogen) atoms. The number of carbonyl (C=O) groups excluding carboxylic acids is 2. The van der Waals surface area contributed by atoms with Crippen LogP contribution in [0.2, 0.25) is 5.02 Å². The van der Waals surface area contributed by atoms with Gasteiger partial charge >= 0.3 is 0 Å². The van der Waals surface area contributed by atoms with Gasteiger partial charge in [0.25, 0.3) is 10.0 Å². The molecule has 3 aromatic rings. The molecule has 0 fully saturated rings.